The standard InChI is InChI=1S/C12H20N6/c1-3-10-11(13)12(17(2)16-10)15-5-4-7-18-8-6-14-9-18/h6,8-9,15H,3-5,7,13H2,1-2H3. The van der Waals surface area contributed by atoms with E-state index in [2.05, 4.69) is 26.9 Å². The van der Waals surface area contributed by atoms with Gasteiger partial charge in [-0.3, -0.25) is 4.68 Å². The third-order valence-electron chi connectivity index (χ3n) is 2.94. The Balaban J connectivity index is 1.85. The maximum Gasteiger partial charge on any atom is 0.147 e. The second-order valence-corrected chi connectivity index (χ2v) is 4.27. The summed E-state index contributed by atoms with van der Waals surface area (Å²) in [5.41, 5.74) is 7.75. The normalized spacial score (nSPS) is 10.8. The average Bonchev–Trinajstić information content (AvgIpc) is 2.96. The number of imidazole rings is 1. The van der Waals surface area contributed by atoms with Crippen molar-refractivity contribution in [3.63, 3.8) is 0 Å². The highest BCUT2D eigenvalue weighted by Crippen LogP contribution is 2.21. The Morgan fingerprint density at radius 3 is 2.89 bits per heavy atom. The zero-order chi connectivity index (χ0) is 13.0. The quantitative estimate of drug-likeness (QED) is 0.755. The molecule has 0 aliphatic carbocycles. The van der Waals surface area contributed by atoms with Crippen molar-refractivity contribution in [2.24, 2.45) is 7.05 Å². The van der Waals surface area contributed by atoms with Crippen LogP contribution in [0.2, 0.25) is 0 Å². The Morgan fingerprint density at radius 1 is 1.44 bits per heavy atom. The van der Waals surface area contributed by atoms with E-state index in [4.69, 9.17) is 5.73 Å². The lowest BCUT2D eigenvalue weighted by Gasteiger charge is -2.08. The lowest BCUT2D eigenvalue weighted by Crippen LogP contribution is -2.10. The molecule has 6 heteroatoms. The minimum absolute atomic E-state index is 0.766. The van der Waals surface area contributed by atoms with Crippen molar-refractivity contribution >= 4 is 11.5 Å². The van der Waals surface area contributed by atoms with Crippen molar-refractivity contribution in [2.75, 3.05) is 17.6 Å². The highest BCUT2D eigenvalue weighted by molar-refractivity contribution is 5.64. The van der Waals surface area contributed by atoms with E-state index in [0.29, 0.717) is 0 Å². The molecular weight excluding hydrogens is 228 g/mol. The van der Waals surface area contributed by atoms with Crippen molar-refractivity contribution in [3.8, 4) is 0 Å². The van der Waals surface area contributed by atoms with E-state index in [-0.39, 0.29) is 0 Å². The topological polar surface area (TPSA) is 73.7 Å². The zero-order valence-corrected chi connectivity index (χ0v) is 10.9. The summed E-state index contributed by atoms with van der Waals surface area (Å²) in [5.74, 6) is 0.914. The van der Waals surface area contributed by atoms with Gasteiger partial charge in [-0.15, -0.1) is 0 Å². The second kappa shape index (κ2) is 5.57. The van der Waals surface area contributed by atoms with E-state index < -0.39 is 0 Å². The van der Waals surface area contributed by atoms with E-state index in [1.54, 1.807) is 6.20 Å². The molecule has 0 radical (unpaired) electrons. The first-order valence-corrected chi connectivity index (χ1v) is 6.23. The number of aryl methyl sites for hydroxylation is 3. The highest BCUT2D eigenvalue weighted by Gasteiger charge is 2.10. The zero-order valence-electron chi connectivity index (χ0n) is 10.9. The Kier molecular flexibility index (Phi) is 3.86. The fourth-order valence-corrected chi connectivity index (χ4v) is 1.95. The molecule has 0 amide bonds. The number of rotatable bonds is 6. The molecule has 0 unspecified atom stereocenters. The summed E-state index contributed by atoms with van der Waals surface area (Å²) in [4.78, 5) is 4.01. The predicted molar refractivity (Wildman–Crippen MR) is 72.3 cm³/mol. The molecule has 2 heterocycles. The van der Waals surface area contributed by atoms with Gasteiger partial charge in [0, 0.05) is 32.5 Å². The molecule has 18 heavy (non-hydrogen) atoms. The first-order chi connectivity index (χ1) is 8.72. The summed E-state index contributed by atoms with van der Waals surface area (Å²) in [6.45, 7) is 3.87. The van der Waals surface area contributed by atoms with Gasteiger partial charge in [0.1, 0.15) is 5.82 Å². The van der Waals surface area contributed by atoms with Crippen LogP contribution >= 0.6 is 0 Å². The van der Waals surface area contributed by atoms with Crippen molar-refractivity contribution in [1.82, 2.24) is 19.3 Å². The van der Waals surface area contributed by atoms with E-state index >= 15 is 0 Å². The number of nitrogens with zero attached hydrogens (tertiary/aromatic N) is 4. The molecule has 0 aliphatic rings. The van der Waals surface area contributed by atoms with Crippen LogP contribution in [0, 0.1) is 0 Å². The van der Waals surface area contributed by atoms with Gasteiger partial charge in [0.2, 0.25) is 0 Å². The van der Waals surface area contributed by atoms with Crippen LogP contribution in [-0.2, 0) is 20.0 Å². The lowest BCUT2D eigenvalue weighted by atomic mass is 10.3. The van der Waals surface area contributed by atoms with Crippen LogP contribution < -0.4 is 11.1 Å². The molecule has 2 aromatic heterocycles. The van der Waals surface area contributed by atoms with Crippen LogP contribution in [0.4, 0.5) is 11.5 Å². The third-order valence-corrected chi connectivity index (χ3v) is 2.94. The lowest BCUT2D eigenvalue weighted by molar-refractivity contribution is 0.656. The molecule has 6 nitrogen and oxygen atoms in total. The minimum Gasteiger partial charge on any atom is -0.394 e. The van der Waals surface area contributed by atoms with Gasteiger partial charge >= 0.3 is 0 Å². The average molecular weight is 248 g/mol. The van der Waals surface area contributed by atoms with E-state index in [9.17, 15) is 0 Å². The molecule has 2 rings (SSSR count). The number of hydrogen-bond acceptors (Lipinski definition) is 4. The number of anilines is 2. The largest absolute Gasteiger partial charge is 0.394 e. The maximum absolute atomic E-state index is 6.03. The highest BCUT2D eigenvalue weighted by atomic mass is 15.3. The first-order valence-electron chi connectivity index (χ1n) is 6.23. The Bertz CT molecular complexity index is 485. The van der Waals surface area contributed by atoms with Gasteiger partial charge in [0.25, 0.3) is 0 Å². The molecule has 0 aromatic carbocycles. The number of nitrogens with two attached hydrogens (primary N) is 1. The van der Waals surface area contributed by atoms with E-state index in [1.165, 1.54) is 0 Å². The molecule has 0 aliphatic heterocycles. The maximum atomic E-state index is 6.03. The Hall–Kier alpha value is -1.98. The fraction of sp³-hybridized carbons (Fsp3) is 0.500. The fourth-order valence-electron chi connectivity index (χ4n) is 1.95. The van der Waals surface area contributed by atoms with Gasteiger partial charge in [0.15, 0.2) is 0 Å². The van der Waals surface area contributed by atoms with Crippen molar-refractivity contribution < 1.29 is 0 Å². The van der Waals surface area contributed by atoms with Gasteiger partial charge < -0.3 is 15.6 Å². The van der Waals surface area contributed by atoms with Crippen LogP contribution in [0.15, 0.2) is 18.7 Å². The molecule has 3 N–H and O–H groups in total. The summed E-state index contributed by atoms with van der Waals surface area (Å²) in [6.07, 6.45) is 7.46. The third kappa shape index (κ3) is 2.64. The predicted octanol–water partition coefficient (Wildman–Crippen LogP) is 1.26. The van der Waals surface area contributed by atoms with E-state index in [0.717, 1.165) is 43.1 Å². The van der Waals surface area contributed by atoms with Crippen LogP contribution in [0.5, 0.6) is 0 Å². The van der Waals surface area contributed by atoms with Gasteiger partial charge in [0.05, 0.1) is 17.7 Å². The summed E-state index contributed by atoms with van der Waals surface area (Å²) in [5, 5.41) is 7.71. The van der Waals surface area contributed by atoms with Crippen LogP contribution in [0.25, 0.3) is 0 Å². The van der Waals surface area contributed by atoms with Gasteiger partial charge in [-0.05, 0) is 12.8 Å². The SMILES string of the molecule is CCc1nn(C)c(NCCCn2ccnc2)c1N. The molecule has 0 bridgehead atoms. The van der Waals surface area contributed by atoms with Crippen LogP contribution in [0.1, 0.15) is 19.0 Å². The summed E-state index contributed by atoms with van der Waals surface area (Å²) < 4.78 is 3.87. The van der Waals surface area contributed by atoms with Gasteiger partial charge in [-0.2, -0.15) is 5.10 Å². The number of nitrogen functional groups attached to an aromatic ring is 1. The molecule has 0 spiro atoms. The number of aromatic nitrogens is 4. The molecule has 98 valence electrons. The number of nitrogens with one attached hydrogen (secondary N) is 1. The Morgan fingerprint density at radius 2 is 2.28 bits per heavy atom. The Labute approximate surface area is 107 Å². The van der Waals surface area contributed by atoms with E-state index in [1.807, 2.05) is 24.3 Å². The van der Waals surface area contributed by atoms with Gasteiger partial charge in [-0.25, -0.2) is 4.98 Å². The monoisotopic (exact) mass is 248 g/mol. The summed E-state index contributed by atoms with van der Waals surface area (Å²) >= 11 is 0. The minimum atomic E-state index is 0.766. The summed E-state index contributed by atoms with van der Waals surface area (Å²) in [7, 11) is 1.91. The van der Waals surface area contributed by atoms with Gasteiger partial charge in [-0.1, -0.05) is 6.92 Å². The smallest absolute Gasteiger partial charge is 0.147 e. The second-order valence-electron chi connectivity index (χ2n) is 4.27. The summed E-state index contributed by atoms with van der Waals surface area (Å²) in [6, 6.07) is 0. The molecule has 0 saturated heterocycles. The molecule has 2 aromatic rings. The number of hydrogen-bond donors (Lipinski definition) is 2. The van der Waals surface area contributed by atoms with Crippen molar-refractivity contribution in [1.29, 1.82) is 0 Å². The molecular formula is C12H20N6. The van der Waals surface area contributed by atoms with Crippen molar-refractivity contribution in [2.45, 2.75) is 26.3 Å². The molecule has 0 atom stereocenters. The first kappa shape index (κ1) is 12.5. The van der Waals surface area contributed by atoms with Crippen LogP contribution in [-0.4, -0.2) is 25.9 Å². The van der Waals surface area contributed by atoms with Crippen LogP contribution in [0.3, 0.4) is 0 Å². The molecule has 0 fully saturated rings. The van der Waals surface area contributed by atoms with Crippen molar-refractivity contribution in [3.05, 3.63) is 24.4 Å². The molecule has 0 saturated carbocycles.